The van der Waals surface area contributed by atoms with Crippen molar-refractivity contribution in [2.45, 2.75) is 18.7 Å². The summed E-state index contributed by atoms with van der Waals surface area (Å²) >= 11 is 1.07. The predicted molar refractivity (Wildman–Crippen MR) is 94.7 cm³/mol. The zero-order chi connectivity index (χ0) is 18.2. The van der Waals surface area contributed by atoms with E-state index in [0.717, 1.165) is 28.4 Å². The molecular formula is C15H20N4O4S2. The van der Waals surface area contributed by atoms with Gasteiger partial charge in [0.25, 0.3) is 0 Å². The Bertz CT molecular complexity index is 860. The summed E-state index contributed by atoms with van der Waals surface area (Å²) in [5, 5.41) is 8.73. The monoisotopic (exact) mass is 384 g/mol. The molecule has 0 atom stereocenters. The van der Waals surface area contributed by atoms with Gasteiger partial charge in [0.05, 0.1) is 24.2 Å². The number of aryl methyl sites for hydroxylation is 2. The van der Waals surface area contributed by atoms with Crippen LogP contribution in [0.4, 0.5) is 5.69 Å². The molecule has 8 nitrogen and oxygen atoms in total. The minimum Gasteiger partial charge on any atom is -0.465 e. The first-order valence-electron chi connectivity index (χ1n) is 7.78. The third-order valence-electron chi connectivity index (χ3n) is 4.26. The molecule has 1 N–H and O–H groups in total. The number of carbonyl (C=O) groups is 1. The van der Waals surface area contributed by atoms with E-state index in [-0.39, 0.29) is 9.77 Å². The first kappa shape index (κ1) is 17.9. The van der Waals surface area contributed by atoms with Gasteiger partial charge in [0.2, 0.25) is 10.0 Å². The van der Waals surface area contributed by atoms with E-state index in [4.69, 9.17) is 0 Å². The molecule has 3 heterocycles. The van der Waals surface area contributed by atoms with Crippen LogP contribution >= 0.6 is 11.3 Å². The van der Waals surface area contributed by atoms with Crippen LogP contribution in [-0.4, -0.2) is 62.2 Å². The van der Waals surface area contributed by atoms with Crippen molar-refractivity contribution in [3.63, 3.8) is 0 Å². The van der Waals surface area contributed by atoms with Crippen LogP contribution in [0.1, 0.15) is 21.1 Å². The van der Waals surface area contributed by atoms with Crippen molar-refractivity contribution in [2.24, 2.45) is 0 Å². The summed E-state index contributed by atoms with van der Waals surface area (Å²) in [6.45, 7) is 5.71. The van der Waals surface area contributed by atoms with E-state index in [0.29, 0.717) is 26.2 Å². The molecule has 3 rings (SSSR count). The van der Waals surface area contributed by atoms with Gasteiger partial charge in [0, 0.05) is 26.2 Å². The molecule has 1 saturated heterocycles. The number of nitrogens with zero attached hydrogens (tertiary/aromatic N) is 3. The van der Waals surface area contributed by atoms with Gasteiger partial charge in [-0.25, -0.2) is 13.2 Å². The highest BCUT2D eigenvalue weighted by Crippen LogP contribution is 2.28. The standard InChI is InChI=1S/C15H20N4O4S2/c1-10-13(11(2)17-16-10)18-5-7-19(8-6-18)25(21,22)12-4-9-24-14(12)15(20)23-3/h4,9H,5-8H2,1-3H3,(H,16,17). The third-order valence-corrected chi connectivity index (χ3v) is 7.23. The highest BCUT2D eigenvalue weighted by molar-refractivity contribution is 7.89. The van der Waals surface area contributed by atoms with Crippen LogP contribution < -0.4 is 4.90 Å². The van der Waals surface area contributed by atoms with Crippen molar-refractivity contribution >= 4 is 33.0 Å². The van der Waals surface area contributed by atoms with Gasteiger partial charge < -0.3 is 9.64 Å². The molecule has 0 spiro atoms. The van der Waals surface area contributed by atoms with E-state index >= 15 is 0 Å². The van der Waals surface area contributed by atoms with Crippen molar-refractivity contribution in [2.75, 3.05) is 38.2 Å². The minimum atomic E-state index is -3.72. The summed E-state index contributed by atoms with van der Waals surface area (Å²) in [5.74, 6) is -0.628. The Labute approximate surface area is 150 Å². The van der Waals surface area contributed by atoms with Gasteiger partial charge in [0.1, 0.15) is 9.77 Å². The molecule has 0 unspecified atom stereocenters. The van der Waals surface area contributed by atoms with E-state index in [1.54, 1.807) is 5.38 Å². The molecule has 0 aromatic carbocycles. The van der Waals surface area contributed by atoms with Crippen LogP contribution in [0.5, 0.6) is 0 Å². The number of piperazine rings is 1. The molecule has 1 aliphatic rings. The Morgan fingerprint density at radius 1 is 1.28 bits per heavy atom. The van der Waals surface area contributed by atoms with Crippen molar-refractivity contribution < 1.29 is 17.9 Å². The second-order valence-corrected chi connectivity index (χ2v) is 8.60. The second kappa shape index (κ2) is 6.77. The average Bonchev–Trinajstić information content (AvgIpc) is 3.22. The molecule has 1 aliphatic heterocycles. The first-order valence-corrected chi connectivity index (χ1v) is 10.1. The third kappa shape index (κ3) is 3.16. The number of anilines is 1. The first-order chi connectivity index (χ1) is 11.9. The molecule has 0 radical (unpaired) electrons. The minimum absolute atomic E-state index is 0.0217. The number of H-pyrrole nitrogens is 1. The van der Waals surface area contributed by atoms with Crippen molar-refractivity contribution in [3.8, 4) is 0 Å². The normalized spacial score (nSPS) is 16.2. The number of ether oxygens (including phenoxy) is 1. The lowest BCUT2D eigenvalue weighted by molar-refractivity contribution is 0.0602. The number of sulfonamides is 1. The Hall–Kier alpha value is -1.91. The fraction of sp³-hybridized carbons (Fsp3) is 0.467. The number of esters is 1. The smallest absolute Gasteiger partial charge is 0.349 e. The lowest BCUT2D eigenvalue weighted by atomic mass is 10.2. The lowest BCUT2D eigenvalue weighted by Gasteiger charge is -2.35. The van der Waals surface area contributed by atoms with Gasteiger partial charge in [-0.15, -0.1) is 11.3 Å². The molecule has 0 bridgehead atoms. The van der Waals surface area contributed by atoms with Crippen molar-refractivity contribution in [1.82, 2.24) is 14.5 Å². The summed E-state index contributed by atoms with van der Waals surface area (Å²) in [5.41, 5.74) is 2.90. The van der Waals surface area contributed by atoms with Crippen molar-refractivity contribution in [3.05, 3.63) is 27.7 Å². The van der Waals surface area contributed by atoms with Crippen LogP contribution in [0.2, 0.25) is 0 Å². The maximum Gasteiger partial charge on any atom is 0.349 e. The maximum atomic E-state index is 12.9. The summed E-state index contributed by atoms with van der Waals surface area (Å²) < 4.78 is 31.9. The van der Waals surface area contributed by atoms with Gasteiger partial charge in [-0.1, -0.05) is 0 Å². The van der Waals surface area contributed by atoms with Gasteiger partial charge in [-0.05, 0) is 25.3 Å². The van der Waals surface area contributed by atoms with Crippen LogP contribution in [-0.2, 0) is 14.8 Å². The molecule has 0 amide bonds. The van der Waals surface area contributed by atoms with Gasteiger partial charge in [-0.2, -0.15) is 9.40 Å². The zero-order valence-electron chi connectivity index (χ0n) is 14.3. The van der Waals surface area contributed by atoms with Crippen LogP contribution in [0, 0.1) is 13.8 Å². The summed E-state index contributed by atoms with van der Waals surface area (Å²) in [6, 6.07) is 1.46. The quantitative estimate of drug-likeness (QED) is 0.801. The molecule has 25 heavy (non-hydrogen) atoms. The molecule has 1 fully saturated rings. The average molecular weight is 384 g/mol. The number of aromatic amines is 1. The molecule has 0 saturated carbocycles. The molecule has 2 aromatic heterocycles. The molecule has 2 aromatic rings. The Morgan fingerprint density at radius 2 is 1.96 bits per heavy atom. The largest absolute Gasteiger partial charge is 0.465 e. The number of hydrogen-bond acceptors (Lipinski definition) is 7. The van der Waals surface area contributed by atoms with Crippen molar-refractivity contribution in [1.29, 1.82) is 0 Å². The fourth-order valence-electron chi connectivity index (χ4n) is 3.04. The van der Waals surface area contributed by atoms with Crippen LogP contribution in [0.15, 0.2) is 16.3 Å². The van der Waals surface area contributed by atoms with Gasteiger partial charge in [-0.3, -0.25) is 5.10 Å². The highest BCUT2D eigenvalue weighted by Gasteiger charge is 2.33. The van der Waals surface area contributed by atoms with Gasteiger partial charge in [0.15, 0.2) is 0 Å². The zero-order valence-corrected chi connectivity index (χ0v) is 15.9. The molecule has 136 valence electrons. The van der Waals surface area contributed by atoms with Crippen LogP contribution in [0.3, 0.4) is 0 Å². The summed E-state index contributed by atoms with van der Waals surface area (Å²) in [6.07, 6.45) is 0. The summed E-state index contributed by atoms with van der Waals surface area (Å²) in [4.78, 5) is 14.1. The Morgan fingerprint density at radius 3 is 2.52 bits per heavy atom. The number of hydrogen-bond donors (Lipinski definition) is 1. The topological polar surface area (TPSA) is 95.6 Å². The van der Waals surface area contributed by atoms with E-state index in [9.17, 15) is 13.2 Å². The molecule has 0 aliphatic carbocycles. The van der Waals surface area contributed by atoms with Gasteiger partial charge >= 0.3 is 5.97 Å². The van der Waals surface area contributed by atoms with E-state index in [1.165, 1.54) is 17.5 Å². The summed E-state index contributed by atoms with van der Waals surface area (Å²) in [7, 11) is -2.48. The number of nitrogens with one attached hydrogen (secondary N) is 1. The van der Waals surface area contributed by atoms with Crippen LogP contribution in [0.25, 0.3) is 0 Å². The fourth-order valence-corrected chi connectivity index (χ4v) is 5.77. The Kier molecular flexibility index (Phi) is 4.85. The number of aromatic nitrogens is 2. The number of thiophene rings is 1. The molecular weight excluding hydrogens is 364 g/mol. The second-order valence-electron chi connectivity index (χ2n) is 5.78. The number of methoxy groups -OCH3 is 1. The van der Waals surface area contributed by atoms with E-state index in [2.05, 4.69) is 19.8 Å². The van der Waals surface area contributed by atoms with E-state index in [1.807, 2.05) is 13.8 Å². The predicted octanol–water partition coefficient (Wildman–Crippen LogP) is 1.39. The SMILES string of the molecule is COC(=O)c1sccc1S(=O)(=O)N1CCN(c2c(C)n[nH]c2C)CC1. The molecule has 10 heteroatoms. The number of rotatable bonds is 4. The highest BCUT2D eigenvalue weighted by atomic mass is 32.2. The van der Waals surface area contributed by atoms with E-state index < -0.39 is 16.0 Å². The Balaban J connectivity index is 1.79. The number of carbonyl (C=O) groups excluding carboxylic acids is 1. The lowest BCUT2D eigenvalue weighted by Crippen LogP contribution is -2.49. The maximum absolute atomic E-state index is 12.9.